The maximum Gasteiger partial charge on any atom is 0.0697 e. The summed E-state index contributed by atoms with van der Waals surface area (Å²) in [5.41, 5.74) is -0.205. The number of rotatable bonds is 4. The highest BCUT2D eigenvalue weighted by Gasteiger charge is 2.21. The van der Waals surface area contributed by atoms with Crippen molar-refractivity contribution < 1.29 is 0 Å². The van der Waals surface area contributed by atoms with Crippen LogP contribution in [0.5, 0.6) is 0 Å². The van der Waals surface area contributed by atoms with Gasteiger partial charge in [-0.3, -0.25) is 0 Å². The Balaban J connectivity index is 2.29. The van der Waals surface area contributed by atoms with Gasteiger partial charge in [-0.1, -0.05) is 19.3 Å². The van der Waals surface area contributed by atoms with E-state index in [1.165, 1.54) is 38.6 Å². The van der Waals surface area contributed by atoms with Crippen molar-refractivity contribution in [3.8, 4) is 6.07 Å². The van der Waals surface area contributed by atoms with E-state index in [1.54, 1.807) is 0 Å². The van der Waals surface area contributed by atoms with Crippen molar-refractivity contribution in [1.82, 2.24) is 4.90 Å². The molecular weight excluding hydrogens is 184 g/mol. The number of hydrogen-bond donors (Lipinski definition) is 0. The Morgan fingerprint density at radius 3 is 2.40 bits per heavy atom. The molecule has 0 saturated heterocycles. The summed E-state index contributed by atoms with van der Waals surface area (Å²) in [4.78, 5) is 2.33. The molecule has 1 rings (SSSR count). The van der Waals surface area contributed by atoms with Gasteiger partial charge >= 0.3 is 0 Å². The number of nitriles is 1. The van der Waals surface area contributed by atoms with Crippen LogP contribution in [0.1, 0.15) is 46.0 Å². The normalized spacial score (nSPS) is 19.1. The maximum atomic E-state index is 8.97. The Morgan fingerprint density at radius 2 is 1.87 bits per heavy atom. The van der Waals surface area contributed by atoms with Crippen LogP contribution in [0.3, 0.4) is 0 Å². The van der Waals surface area contributed by atoms with Crippen LogP contribution in [0.4, 0.5) is 0 Å². The van der Waals surface area contributed by atoms with Gasteiger partial charge in [0.25, 0.3) is 0 Å². The first-order chi connectivity index (χ1) is 7.03. The standard InChI is InChI=1S/C13H24N2/c1-13(2,10-14)11-15(3)9-12-7-5-4-6-8-12/h12H,4-9,11H2,1-3H3. The van der Waals surface area contributed by atoms with E-state index < -0.39 is 0 Å². The first-order valence-corrected chi connectivity index (χ1v) is 6.13. The van der Waals surface area contributed by atoms with Gasteiger partial charge in [0.05, 0.1) is 11.5 Å². The van der Waals surface area contributed by atoms with Crippen LogP contribution in [-0.4, -0.2) is 25.0 Å². The predicted molar refractivity (Wildman–Crippen MR) is 63.5 cm³/mol. The van der Waals surface area contributed by atoms with Crippen molar-refractivity contribution in [1.29, 1.82) is 5.26 Å². The third-order valence-electron chi connectivity index (χ3n) is 3.26. The Bertz CT molecular complexity index is 221. The van der Waals surface area contributed by atoms with Crippen LogP contribution in [0.15, 0.2) is 0 Å². The second-order valence-electron chi connectivity index (χ2n) is 5.70. The second-order valence-corrected chi connectivity index (χ2v) is 5.70. The molecule has 0 N–H and O–H groups in total. The Kier molecular flexibility index (Phi) is 4.60. The van der Waals surface area contributed by atoms with E-state index in [1.807, 2.05) is 13.8 Å². The lowest BCUT2D eigenvalue weighted by atomic mass is 9.88. The molecule has 86 valence electrons. The lowest BCUT2D eigenvalue weighted by molar-refractivity contribution is 0.196. The minimum atomic E-state index is -0.205. The lowest BCUT2D eigenvalue weighted by Crippen LogP contribution is -2.34. The molecule has 0 aromatic carbocycles. The highest BCUT2D eigenvalue weighted by molar-refractivity contribution is 4.93. The maximum absolute atomic E-state index is 8.97. The number of hydrogen-bond acceptors (Lipinski definition) is 2. The van der Waals surface area contributed by atoms with E-state index in [-0.39, 0.29) is 5.41 Å². The van der Waals surface area contributed by atoms with E-state index in [2.05, 4.69) is 18.0 Å². The molecule has 0 radical (unpaired) electrons. The molecule has 0 heterocycles. The zero-order valence-electron chi connectivity index (χ0n) is 10.4. The fourth-order valence-corrected chi connectivity index (χ4v) is 2.59. The molecule has 1 saturated carbocycles. The van der Waals surface area contributed by atoms with Crippen molar-refractivity contribution in [2.24, 2.45) is 11.3 Å². The summed E-state index contributed by atoms with van der Waals surface area (Å²) in [5, 5.41) is 8.97. The van der Waals surface area contributed by atoms with Gasteiger partial charge in [-0.25, -0.2) is 0 Å². The molecule has 2 heteroatoms. The first-order valence-electron chi connectivity index (χ1n) is 6.13. The van der Waals surface area contributed by atoms with Gasteiger partial charge in [0.1, 0.15) is 0 Å². The van der Waals surface area contributed by atoms with Crippen LogP contribution in [0.25, 0.3) is 0 Å². The van der Waals surface area contributed by atoms with Crippen LogP contribution >= 0.6 is 0 Å². The average molecular weight is 208 g/mol. The molecule has 1 fully saturated rings. The molecule has 15 heavy (non-hydrogen) atoms. The van der Waals surface area contributed by atoms with Gasteiger partial charge in [-0.05, 0) is 39.7 Å². The van der Waals surface area contributed by atoms with E-state index in [4.69, 9.17) is 5.26 Å². The highest BCUT2D eigenvalue weighted by atomic mass is 15.1. The van der Waals surface area contributed by atoms with E-state index in [0.717, 1.165) is 12.5 Å². The minimum Gasteiger partial charge on any atom is -0.305 e. The second kappa shape index (κ2) is 5.51. The molecule has 0 aliphatic heterocycles. The molecule has 0 unspecified atom stereocenters. The fourth-order valence-electron chi connectivity index (χ4n) is 2.59. The van der Waals surface area contributed by atoms with E-state index in [9.17, 15) is 0 Å². The van der Waals surface area contributed by atoms with Gasteiger partial charge in [-0.2, -0.15) is 5.26 Å². The average Bonchev–Trinajstić information content (AvgIpc) is 2.18. The van der Waals surface area contributed by atoms with Crippen LogP contribution in [0.2, 0.25) is 0 Å². The van der Waals surface area contributed by atoms with Gasteiger partial charge in [0.15, 0.2) is 0 Å². The van der Waals surface area contributed by atoms with Crippen LogP contribution < -0.4 is 0 Å². The topological polar surface area (TPSA) is 27.0 Å². The van der Waals surface area contributed by atoms with Gasteiger partial charge in [0, 0.05) is 13.1 Å². The fraction of sp³-hybridized carbons (Fsp3) is 0.923. The van der Waals surface area contributed by atoms with Crippen LogP contribution in [-0.2, 0) is 0 Å². The quantitative estimate of drug-likeness (QED) is 0.710. The molecule has 0 amide bonds. The molecular formula is C13H24N2. The van der Waals surface area contributed by atoms with Gasteiger partial charge < -0.3 is 4.90 Å². The predicted octanol–water partition coefficient (Wildman–Crippen LogP) is 3.05. The van der Waals surface area contributed by atoms with Crippen molar-refractivity contribution in [2.75, 3.05) is 20.1 Å². The summed E-state index contributed by atoms with van der Waals surface area (Å²) in [5.74, 6) is 0.873. The molecule has 0 atom stereocenters. The van der Waals surface area contributed by atoms with Crippen LogP contribution in [0, 0.1) is 22.7 Å². The third-order valence-corrected chi connectivity index (χ3v) is 3.26. The molecule has 2 nitrogen and oxygen atoms in total. The molecule has 0 spiro atoms. The number of nitrogens with zero attached hydrogens (tertiary/aromatic N) is 2. The van der Waals surface area contributed by atoms with E-state index >= 15 is 0 Å². The largest absolute Gasteiger partial charge is 0.305 e. The summed E-state index contributed by atoms with van der Waals surface area (Å²) in [6.45, 7) is 6.10. The molecule has 0 aromatic heterocycles. The Hall–Kier alpha value is -0.550. The van der Waals surface area contributed by atoms with Crippen molar-refractivity contribution >= 4 is 0 Å². The Morgan fingerprint density at radius 1 is 1.27 bits per heavy atom. The summed E-state index contributed by atoms with van der Waals surface area (Å²) in [7, 11) is 2.15. The minimum absolute atomic E-state index is 0.205. The SMILES string of the molecule is CN(CC1CCCCC1)CC(C)(C)C#N. The molecule has 1 aliphatic carbocycles. The lowest BCUT2D eigenvalue weighted by Gasteiger charge is -2.30. The zero-order valence-corrected chi connectivity index (χ0v) is 10.4. The highest BCUT2D eigenvalue weighted by Crippen LogP contribution is 2.25. The monoisotopic (exact) mass is 208 g/mol. The summed E-state index contributed by atoms with van der Waals surface area (Å²) in [6.07, 6.45) is 7.00. The summed E-state index contributed by atoms with van der Waals surface area (Å²) in [6, 6.07) is 2.37. The summed E-state index contributed by atoms with van der Waals surface area (Å²) >= 11 is 0. The summed E-state index contributed by atoms with van der Waals surface area (Å²) < 4.78 is 0. The Labute approximate surface area is 94.3 Å². The van der Waals surface area contributed by atoms with Gasteiger partial charge in [-0.15, -0.1) is 0 Å². The van der Waals surface area contributed by atoms with Crippen molar-refractivity contribution in [3.63, 3.8) is 0 Å². The van der Waals surface area contributed by atoms with Gasteiger partial charge in [0.2, 0.25) is 0 Å². The van der Waals surface area contributed by atoms with Crippen molar-refractivity contribution in [2.45, 2.75) is 46.0 Å². The smallest absolute Gasteiger partial charge is 0.0697 e. The van der Waals surface area contributed by atoms with E-state index in [0.29, 0.717) is 0 Å². The van der Waals surface area contributed by atoms with Crippen molar-refractivity contribution in [3.05, 3.63) is 0 Å². The molecule has 0 aromatic rings. The molecule has 1 aliphatic rings. The molecule has 0 bridgehead atoms. The third kappa shape index (κ3) is 4.66. The zero-order chi connectivity index (χ0) is 11.3. The first kappa shape index (κ1) is 12.5.